The predicted octanol–water partition coefficient (Wildman–Crippen LogP) is -1.41. The molecular weight excluding hydrogens is 349 g/mol. The van der Waals surface area contributed by atoms with E-state index >= 15 is 0 Å². The van der Waals surface area contributed by atoms with Gasteiger partial charge in [0.15, 0.2) is 11.6 Å². The summed E-state index contributed by atoms with van der Waals surface area (Å²) in [6.07, 6.45) is -1.75. The van der Waals surface area contributed by atoms with Crippen LogP contribution in [0.5, 0.6) is 5.75 Å². The first-order valence-corrected chi connectivity index (χ1v) is 7.64. The first-order chi connectivity index (χ1) is 12.2. The van der Waals surface area contributed by atoms with Crippen LogP contribution in [-0.4, -0.2) is 40.9 Å². The van der Waals surface area contributed by atoms with Crippen LogP contribution in [0.4, 0.5) is 9.18 Å². The molecule has 1 aromatic rings. The molecule has 0 bridgehead atoms. The maximum atomic E-state index is 13.7. The normalized spacial score (nSPS) is 25.0. The Kier molecular flexibility index (Phi) is 4.12. The van der Waals surface area contributed by atoms with E-state index in [-0.39, 0.29) is 17.7 Å². The van der Waals surface area contributed by atoms with Crippen molar-refractivity contribution in [1.29, 1.82) is 0 Å². The van der Waals surface area contributed by atoms with Gasteiger partial charge in [0.05, 0.1) is 6.04 Å². The average molecular weight is 365 g/mol. The van der Waals surface area contributed by atoms with Crippen LogP contribution in [0.3, 0.4) is 0 Å². The van der Waals surface area contributed by atoms with Gasteiger partial charge in [0.1, 0.15) is 11.6 Å². The highest BCUT2D eigenvalue weighted by Gasteiger charge is 2.55. The number of halogens is 1. The smallest absolute Gasteiger partial charge is 0.322 e. The standard InChI is InChI=1S/C15H16FN5O5/c1-6(17)11(22)21(18)12(23)10-5-15(13(24)19-14(25)20-15)8-4-7(16)2-3-9(8)26-10/h2-4,6,10H,5,17-18H2,1H3,(H2,19,20,24,25)/t6-,10?,15?/m0/s1. The Morgan fingerprint density at radius 3 is 2.69 bits per heavy atom. The molecule has 2 heterocycles. The number of nitrogens with two attached hydrogens (primary N) is 2. The van der Waals surface area contributed by atoms with Crippen molar-refractivity contribution < 1.29 is 28.3 Å². The summed E-state index contributed by atoms with van der Waals surface area (Å²) in [4.78, 5) is 48.4. The second-order valence-corrected chi connectivity index (χ2v) is 6.10. The number of fused-ring (bicyclic) bond motifs is 2. The SMILES string of the molecule is C[C@H](N)C(=O)N(N)C(=O)C1CC2(NC(=O)NC2=O)c2cc(F)ccc2O1. The van der Waals surface area contributed by atoms with Crippen molar-refractivity contribution in [2.45, 2.75) is 31.0 Å². The summed E-state index contributed by atoms with van der Waals surface area (Å²) in [6.45, 7) is 1.35. The molecule has 1 saturated heterocycles. The van der Waals surface area contributed by atoms with Crippen molar-refractivity contribution in [3.63, 3.8) is 0 Å². The first-order valence-electron chi connectivity index (χ1n) is 7.64. The number of urea groups is 1. The predicted molar refractivity (Wildman–Crippen MR) is 83.5 cm³/mol. The summed E-state index contributed by atoms with van der Waals surface area (Å²) in [5, 5.41) is 4.78. The third-order valence-corrected chi connectivity index (χ3v) is 4.24. The van der Waals surface area contributed by atoms with Crippen LogP contribution in [0.15, 0.2) is 18.2 Å². The van der Waals surface area contributed by atoms with Gasteiger partial charge in [0.2, 0.25) is 0 Å². The van der Waals surface area contributed by atoms with Gasteiger partial charge in [-0.1, -0.05) is 0 Å². The van der Waals surface area contributed by atoms with Crippen LogP contribution >= 0.6 is 0 Å². The van der Waals surface area contributed by atoms with Gasteiger partial charge in [0, 0.05) is 12.0 Å². The first kappa shape index (κ1) is 17.8. The molecule has 2 unspecified atom stereocenters. The minimum absolute atomic E-state index is 0.00926. The quantitative estimate of drug-likeness (QED) is 0.217. The van der Waals surface area contributed by atoms with E-state index in [1.54, 1.807) is 0 Å². The lowest BCUT2D eigenvalue weighted by Gasteiger charge is -2.37. The van der Waals surface area contributed by atoms with Crippen LogP contribution in [0.2, 0.25) is 0 Å². The lowest BCUT2D eigenvalue weighted by Crippen LogP contribution is -2.58. The molecule has 3 rings (SSSR count). The summed E-state index contributed by atoms with van der Waals surface area (Å²) in [5.41, 5.74) is 3.77. The second-order valence-electron chi connectivity index (χ2n) is 6.10. The zero-order valence-electron chi connectivity index (χ0n) is 13.6. The van der Waals surface area contributed by atoms with E-state index in [0.29, 0.717) is 5.01 Å². The number of carbonyl (C=O) groups is 4. The van der Waals surface area contributed by atoms with Crippen molar-refractivity contribution in [2.24, 2.45) is 11.6 Å². The zero-order chi connectivity index (χ0) is 19.2. The molecule has 0 aliphatic carbocycles. The van der Waals surface area contributed by atoms with Gasteiger partial charge in [-0.15, -0.1) is 0 Å². The van der Waals surface area contributed by atoms with E-state index in [4.69, 9.17) is 16.3 Å². The molecule has 10 nitrogen and oxygen atoms in total. The van der Waals surface area contributed by atoms with Gasteiger partial charge < -0.3 is 15.8 Å². The van der Waals surface area contributed by atoms with E-state index in [9.17, 15) is 23.6 Å². The Morgan fingerprint density at radius 1 is 1.42 bits per heavy atom. The number of imide groups is 2. The van der Waals surface area contributed by atoms with Crippen LogP contribution < -0.4 is 26.9 Å². The molecule has 3 atom stereocenters. The Bertz CT molecular complexity index is 829. The van der Waals surface area contributed by atoms with Crippen LogP contribution in [0.25, 0.3) is 0 Å². The van der Waals surface area contributed by atoms with Gasteiger partial charge in [-0.05, 0) is 25.1 Å². The lowest BCUT2D eigenvalue weighted by atomic mass is 9.81. The highest BCUT2D eigenvalue weighted by atomic mass is 19.1. The molecule has 5 amide bonds. The number of hydrogen-bond acceptors (Lipinski definition) is 7. The van der Waals surface area contributed by atoms with Gasteiger partial charge in [-0.2, -0.15) is 0 Å². The number of nitrogens with one attached hydrogen (secondary N) is 2. The zero-order valence-corrected chi connectivity index (χ0v) is 13.6. The van der Waals surface area contributed by atoms with Crippen LogP contribution in [0, 0.1) is 5.82 Å². The van der Waals surface area contributed by atoms with Gasteiger partial charge in [-0.3, -0.25) is 19.7 Å². The molecule has 0 saturated carbocycles. The summed E-state index contributed by atoms with van der Waals surface area (Å²) in [6, 6.07) is 1.50. The molecule has 2 aliphatic heterocycles. The Balaban J connectivity index is 2.01. The summed E-state index contributed by atoms with van der Waals surface area (Å²) >= 11 is 0. The van der Waals surface area contributed by atoms with Crippen molar-refractivity contribution in [3.8, 4) is 5.75 Å². The largest absolute Gasteiger partial charge is 0.480 e. The van der Waals surface area contributed by atoms with E-state index in [1.165, 1.54) is 13.0 Å². The Morgan fingerprint density at radius 2 is 2.12 bits per heavy atom. The number of benzene rings is 1. The fourth-order valence-electron chi connectivity index (χ4n) is 2.97. The molecule has 0 aromatic heterocycles. The fourth-order valence-corrected chi connectivity index (χ4v) is 2.97. The second kappa shape index (κ2) is 6.04. The molecule has 1 spiro atoms. The minimum Gasteiger partial charge on any atom is -0.480 e. The molecule has 138 valence electrons. The van der Waals surface area contributed by atoms with E-state index < -0.39 is 47.3 Å². The van der Waals surface area contributed by atoms with Crippen molar-refractivity contribution in [1.82, 2.24) is 15.6 Å². The number of rotatable bonds is 2. The van der Waals surface area contributed by atoms with E-state index in [2.05, 4.69) is 10.6 Å². The maximum Gasteiger partial charge on any atom is 0.322 e. The number of amides is 5. The minimum atomic E-state index is -1.72. The molecule has 26 heavy (non-hydrogen) atoms. The number of ether oxygens (including phenoxy) is 1. The third-order valence-electron chi connectivity index (χ3n) is 4.24. The molecule has 6 N–H and O–H groups in total. The van der Waals surface area contributed by atoms with Crippen LogP contribution in [0.1, 0.15) is 18.9 Å². The summed E-state index contributed by atoms with van der Waals surface area (Å²) in [7, 11) is 0. The fraction of sp³-hybridized carbons (Fsp3) is 0.333. The molecule has 1 fully saturated rings. The molecular formula is C15H16FN5O5. The number of carbonyl (C=O) groups excluding carboxylic acids is 4. The Hall–Kier alpha value is -3.05. The summed E-state index contributed by atoms with van der Waals surface area (Å²) in [5.74, 6) is 2.30. The average Bonchev–Trinajstić information content (AvgIpc) is 2.87. The van der Waals surface area contributed by atoms with Gasteiger partial charge >= 0.3 is 6.03 Å². The van der Waals surface area contributed by atoms with Gasteiger partial charge in [-0.25, -0.2) is 20.0 Å². The maximum absolute atomic E-state index is 13.7. The summed E-state index contributed by atoms with van der Waals surface area (Å²) < 4.78 is 19.2. The molecule has 11 heteroatoms. The molecule has 2 aliphatic rings. The molecule has 0 radical (unpaired) electrons. The highest BCUT2D eigenvalue weighted by Crippen LogP contribution is 2.42. The van der Waals surface area contributed by atoms with Crippen molar-refractivity contribution in [3.05, 3.63) is 29.6 Å². The van der Waals surface area contributed by atoms with Gasteiger partial charge in [0.25, 0.3) is 17.7 Å². The van der Waals surface area contributed by atoms with E-state index in [0.717, 1.165) is 12.1 Å². The van der Waals surface area contributed by atoms with Crippen molar-refractivity contribution in [2.75, 3.05) is 0 Å². The highest BCUT2D eigenvalue weighted by molar-refractivity contribution is 6.08. The molecule has 1 aromatic carbocycles. The topological polar surface area (TPSA) is 157 Å². The lowest BCUT2D eigenvalue weighted by molar-refractivity contribution is -0.152. The number of hydrogen-bond donors (Lipinski definition) is 4. The van der Waals surface area contributed by atoms with Crippen LogP contribution in [-0.2, 0) is 19.9 Å². The van der Waals surface area contributed by atoms with Crippen molar-refractivity contribution >= 4 is 23.8 Å². The number of nitrogens with zero attached hydrogens (tertiary/aromatic N) is 1. The number of hydrazine groups is 1. The monoisotopic (exact) mass is 365 g/mol. The third kappa shape index (κ3) is 2.66. The van der Waals surface area contributed by atoms with E-state index in [1.807, 2.05) is 0 Å². The Labute approximate surface area is 146 Å².